The van der Waals surface area contributed by atoms with Crippen molar-refractivity contribution in [1.82, 2.24) is 4.90 Å². The lowest BCUT2D eigenvalue weighted by Gasteiger charge is -2.36. The minimum Gasteiger partial charge on any atom is -0.465 e. The molecule has 4 nitrogen and oxygen atoms in total. The lowest BCUT2D eigenvalue weighted by molar-refractivity contribution is 0.0648. The van der Waals surface area contributed by atoms with Crippen molar-refractivity contribution in [3.63, 3.8) is 0 Å². The van der Waals surface area contributed by atoms with E-state index >= 15 is 0 Å². The Morgan fingerprint density at radius 2 is 2.33 bits per heavy atom. The van der Waals surface area contributed by atoms with Gasteiger partial charge in [0.2, 0.25) is 0 Å². The molecule has 1 aliphatic carbocycles. The zero-order valence-corrected chi connectivity index (χ0v) is 12.5. The van der Waals surface area contributed by atoms with Crippen molar-refractivity contribution >= 4 is 17.7 Å². The highest BCUT2D eigenvalue weighted by Crippen LogP contribution is 2.69. The molecule has 114 valence electrons. The van der Waals surface area contributed by atoms with Crippen LogP contribution >= 0.6 is 11.6 Å². The summed E-state index contributed by atoms with van der Waals surface area (Å²) in [7, 11) is 1.62. The number of fused-ring (bicyclic) bond motifs is 1. The number of carboxylic acid groups (broad SMARTS) is 1. The Balaban J connectivity index is 1.94. The number of methoxy groups -OCH3 is 1. The normalized spacial score (nSPS) is 30.9. The van der Waals surface area contributed by atoms with E-state index in [-0.39, 0.29) is 15.9 Å². The lowest BCUT2D eigenvalue weighted by atomic mass is 9.80. The Morgan fingerprint density at radius 1 is 1.57 bits per heavy atom. The molecular formula is C15H17ClFNO3. The van der Waals surface area contributed by atoms with Crippen LogP contribution in [0.2, 0.25) is 5.02 Å². The van der Waals surface area contributed by atoms with Crippen molar-refractivity contribution in [3.05, 3.63) is 34.6 Å². The molecule has 1 N–H and O–H groups in total. The largest absolute Gasteiger partial charge is 0.465 e. The third-order valence-electron chi connectivity index (χ3n) is 5.00. The topological polar surface area (TPSA) is 49.8 Å². The third kappa shape index (κ3) is 2.10. The Morgan fingerprint density at radius 3 is 2.95 bits per heavy atom. The summed E-state index contributed by atoms with van der Waals surface area (Å²) in [6.45, 7) is 1.42. The molecule has 2 atom stereocenters. The number of hydrogen-bond acceptors (Lipinski definition) is 2. The second-order valence-corrected chi connectivity index (χ2v) is 6.46. The van der Waals surface area contributed by atoms with Gasteiger partial charge in [-0.25, -0.2) is 9.18 Å². The minimum atomic E-state index is -0.900. The number of amides is 1. The van der Waals surface area contributed by atoms with Crippen molar-refractivity contribution in [2.45, 2.75) is 18.3 Å². The quantitative estimate of drug-likeness (QED) is 0.932. The van der Waals surface area contributed by atoms with Crippen LogP contribution in [-0.2, 0) is 10.2 Å². The van der Waals surface area contributed by atoms with Crippen LogP contribution in [0.15, 0.2) is 18.2 Å². The smallest absolute Gasteiger partial charge is 0.407 e. The van der Waals surface area contributed by atoms with E-state index in [0.29, 0.717) is 26.1 Å². The van der Waals surface area contributed by atoms with E-state index in [4.69, 9.17) is 16.3 Å². The fraction of sp³-hybridized carbons (Fsp3) is 0.533. The zero-order valence-electron chi connectivity index (χ0n) is 11.7. The molecule has 0 bridgehead atoms. The number of halogens is 2. The van der Waals surface area contributed by atoms with Crippen LogP contribution in [0.25, 0.3) is 0 Å². The zero-order chi connectivity index (χ0) is 15.3. The number of rotatable bonds is 3. The standard InChI is InChI=1S/C15H17ClFNO3/c1-21-9-14-7-15(14,4-5-18(8-14)13(19)20)10-2-3-12(17)11(16)6-10/h2-3,6H,4-5,7-9H2,1H3,(H,19,20). The van der Waals surface area contributed by atoms with Crippen LogP contribution in [0.3, 0.4) is 0 Å². The summed E-state index contributed by atoms with van der Waals surface area (Å²) < 4.78 is 18.7. The molecule has 1 amide bonds. The maximum Gasteiger partial charge on any atom is 0.407 e. The van der Waals surface area contributed by atoms with E-state index < -0.39 is 11.9 Å². The second-order valence-electron chi connectivity index (χ2n) is 6.06. The van der Waals surface area contributed by atoms with Crippen LogP contribution in [0, 0.1) is 11.2 Å². The average molecular weight is 314 g/mol. The summed E-state index contributed by atoms with van der Waals surface area (Å²) in [6.07, 6.45) is 0.660. The van der Waals surface area contributed by atoms with Gasteiger partial charge in [0.05, 0.1) is 11.6 Å². The molecule has 1 aromatic rings. The van der Waals surface area contributed by atoms with Gasteiger partial charge in [0, 0.05) is 31.0 Å². The predicted octanol–water partition coefficient (Wildman–Crippen LogP) is 3.14. The van der Waals surface area contributed by atoms with Gasteiger partial charge in [-0.2, -0.15) is 0 Å². The molecule has 0 aromatic heterocycles. The van der Waals surface area contributed by atoms with Gasteiger partial charge in [-0.05, 0) is 30.5 Å². The van der Waals surface area contributed by atoms with Crippen LogP contribution in [0.5, 0.6) is 0 Å². The average Bonchev–Trinajstić information content (AvgIpc) is 3.11. The monoisotopic (exact) mass is 313 g/mol. The van der Waals surface area contributed by atoms with E-state index in [1.165, 1.54) is 11.0 Å². The first-order chi connectivity index (χ1) is 9.94. The Bertz CT molecular complexity index is 596. The molecule has 21 heavy (non-hydrogen) atoms. The van der Waals surface area contributed by atoms with Gasteiger partial charge in [-0.15, -0.1) is 0 Å². The molecule has 0 spiro atoms. The highest BCUT2D eigenvalue weighted by Gasteiger charge is 2.70. The summed E-state index contributed by atoms with van der Waals surface area (Å²) in [5.41, 5.74) is 0.613. The van der Waals surface area contributed by atoms with Gasteiger partial charge < -0.3 is 14.7 Å². The molecule has 1 aliphatic heterocycles. The van der Waals surface area contributed by atoms with Crippen molar-refractivity contribution in [2.24, 2.45) is 5.41 Å². The Labute approximate surface area is 127 Å². The van der Waals surface area contributed by atoms with E-state index in [2.05, 4.69) is 0 Å². The third-order valence-corrected chi connectivity index (χ3v) is 5.29. The fourth-order valence-electron chi connectivity index (χ4n) is 3.89. The second kappa shape index (κ2) is 4.85. The highest BCUT2D eigenvalue weighted by atomic mass is 35.5. The van der Waals surface area contributed by atoms with Crippen LogP contribution in [-0.4, -0.2) is 42.9 Å². The van der Waals surface area contributed by atoms with Crippen LogP contribution in [0.4, 0.5) is 9.18 Å². The van der Waals surface area contributed by atoms with Crippen molar-refractivity contribution in [1.29, 1.82) is 0 Å². The molecule has 3 rings (SSSR count). The first-order valence-electron chi connectivity index (χ1n) is 6.86. The van der Waals surface area contributed by atoms with Gasteiger partial charge in [0.25, 0.3) is 0 Å². The molecule has 2 aliphatic rings. The summed E-state index contributed by atoms with van der Waals surface area (Å²) in [4.78, 5) is 12.7. The first-order valence-corrected chi connectivity index (χ1v) is 7.24. The van der Waals surface area contributed by atoms with Gasteiger partial charge in [0.1, 0.15) is 5.82 Å². The molecular weight excluding hydrogens is 297 g/mol. The molecule has 1 saturated carbocycles. The molecule has 1 aromatic carbocycles. The lowest BCUT2D eigenvalue weighted by Crippen LogP contribution is -2.46. The summed E-state index contributed by atoms with van der Waals surface area (Å²) in [5, 5.41) is 9.32. The first kappa shape index (κ1) is 14.6. The molecule has 6 heteroatoms. The molecule has 1 saturated heterocycles. The number of likely N-dealkylation sites (tertiary alicyclic amines) is 1. The van der Waals surface area contributed by atoms with Crippen molar-refractivity contribution < 1.29 is 19.0 Å². The van der Waals surface area contributed by atoms with Gasteiger partial charge in [-0.3, -0.25) is 0 Å². The number of carbonyl (C=O) groups is 1. The molecule has 2 unspecified atom stereocenters. The van der Waals surface area contributed by atoms with Crippen molar-refractivity contribution in [3.8, 4) is 0 Å². The van der Waals surface area contributed by atoms with Crippen LogP contribution in [0.1, 0.15) is 18.4 Å². The van der Waals surface area contributed by atoms with E-state index in [9.17, 15) is 14.3 Å². The van der Waals surface area contributed by atoms with Gasteiger partial charge in [-0.1, -0.05) is 17.7 Å². The van der Waals surface area contributed by atoms with Crippen molar-refractivity contribution in [2.75, 3.05) is 26.8 Å². The summed E-state index contributed by atoms with van der Waals surface area (Å²) >= 11 is 5.90. The number of piperidine rings is 1. The van der Waals surface area contributed by atoms with Gasteiger partial charge in [0.15, 0.2) is 0 Å². The molecule has 2 fully saturated rings. The van der Waals surface area contributed by atoms with E-state index in [1.54, 1.807) is 19.2 Å². The van der Waals surface area contributed by atoms with Gasteiger partial charge >= 0.3 is 6.09 Å². The summed E-state index contributed by atoms with van der Waals surface area (Å²) in [6, 6.07) is 4.81. The molecule has 1 heterocycles. The van der Waals surface area contributed by atoms with Crippen LogP contribution < -0.4 is 0 Å². The maximum atomic E-state index is 13.4. The number of hydrogen-bond donors (Lipinski definition) is 1. The fourth-order valence-corrected chi connectivity index (χ4v) is 4.07. The SMILES string of the molecule is COCC12CN(C(=O)O)CCC1(c1ccc(F)c(Cl)c1)C2. The Kier molecular flexibility index (Phi) is 3.37. The predicted molar refractivity (Wildman–Crippen MR) is 76.2 cm³/mol. The number of ether oxygens (including phenoxy) is 1. The number of nitrogens with zero attached hydrogens (tertiary/aromatic N) is 1. The Hall–Kier alpha value is -1.33. The highest BCUT2D eigenvalue weighted by molar-refractivity contribution is 6.30. The summed E-state index contributed by atoms with van der Waals surface area (Å²) in [5.74, 6) is -0.433. The maximum absolute atomic E-state index is 13.4. The van der Waals surface area contributed by atoms with E-state index in [1.807, 2.05) is 0 Å². The number of benzene rings is 1. The molecule has 0 radical (unpaired) electrons. The van der Waals surface area contributed by atoms with E-state index in [0.717, 1.165) is 12.0 Å². The minimum absolute atomic E-state index is 0.112.